The van der Waals surface area contributed by atoms with Gasteiger partial charge >= 0.3 is 0 Å². The normalized spacial score (nSPS) is 16.4. The second-order valence-electron chi connectivity index (χ2n) is 5.95. The van der Waals surface area contributed by atoms with Crippen LogP contribution in [0.5, 0.6) is 0 Å². The predicted molar refractivity (Wildman–Crippen MR) is 73.5 cm³/mol. The van der Waals surface area contributed by atoms with Gasteiger partial charge in [-0.05, 0) is 26.7 Å². The van der Waals surface area contributed by atoms with Crippen LogP contribution in [0.15, 0.2) is 0 Å². The molecule has 19 heavy (non-hydrogen) atoms. The van der Waals surface area contributed by atoms with E-state index in [1.807, 2.05) is 13.8 Å². The molecule has 0 aromatic heterocycles. The Morgan fingerprint density at radius 3 is 2.42 bits per heavy atom. The zero-order valence-corrected chi connectivity index (χ0v) is 12.2. The van der Waals surface area contributed by atoms with E-state index in [0.717, 1.165) is 25.7 Å². The van der Waals surface area contributed by atoms with Crippen LogP contribution in [0.4, 0.5) is 0 Å². The SMILES string of the molecule is CN(C(=O)CCNC(=O)C1CCCC1)C(C)(C)CO. The van der Waals surface area contributed by atoms with Gasteiger partial charge in [0.25, 0.3) is 0 Å². The minimum absolute atomic E-state index is 0.0641. The summed E-state index contributed by atoms with van der Waals surface area (Å²) in [5.74, 6) is 0.154. The third kappa shape index (κ3) is 4.49. The molecule has 1 fully saturated rings. The lowest BCUT2D eigenvalue weighted by Crippen LogP contribution is -2.48. The Labute approximate surface area is 115 Å². The molecule has 1 aliphatic rings. The van der Waals surface area contributed by atoms with Crippen molar-refractivity contribution in [3.05, 3.63) is 0 Å². The molecule has 0 bridgehead atoms. The summed E-state index contributed by atoms with van der Waals surface area (Å²) in [5.41, 5.74) is -0.563. The second kappa shape index (κ2) is 6.89. The molecule has 1 saturated carbocycles. The fourth-order valence-corrected chi connectivity index (χ4v) is 2.24. The molecular formula is C14H26N2O3. The number of hydrogen-bond acceptors (Lipinski definition) is 3. The highest BCUT2D eigenvalue weighted by molar-refractivity contribution is 5.80. The molecule has 0 spiro atoms. The monoisotopic (exact) mass is 270 g/mol. The number of likely N-dealkylation sites (N-methyl/N-ethyl adjacent to an activating group) is 1. The van der Waals surface area contributed by atoms with Crippen molar-refractivity contribution < 1.29 is 14.7 Å². The molecule has 2 amide bonds. The third-order valence-electron chi connectivity index (χ3n) is 4.03. The van der Waals surface area contributed by atoms with Gasteiger partial charge in [0.05, 0.1) is 12.1 Å². The Morgan fingerprint density at radius 1 is 1.32 bits per heavy atom. The van der Waals surface area contributed by atoms with Gasteiger partial charge in [-0.25, -0.2) is 0 Å². The summed E-state index contributed by atoms with van der Waals surface area (Å²) >= 11 is 0. The summed E-state index contributed by atoms with van der Waals surface area (Å²) in [6, 6.07) is 0. The molecule has 2 N–H and O–H groups in total. The van der Waals surface area contributed by atoms with E-state index in [4.69, 9.17) is 0 Å². The number of nitrogens with zero attached hydrogens (tertiary/aromatic N) is 1. The summed E-state index contributed by atoms with van der Waals surface area (Å²) in [4.78, 5) is 25.2. The third-order valence-corrected chi connectivity index (χ3v) is 4.03. The fraction of sp³-hybridized carbons (Fsp3) is 0.857. The molecular weight excluding hydrogens is 244 g/mol. The van der Waals surface area contributed by atoms with Gasteiger partial charge in [0.15, 0.2) is 0 Å². The maximum absolute atomic E-state index is 11.9. The average molecular weight is 270 g/mol. The lowest BCUT2D eigenvalue weighted by Gasteiger charge is -2.34. The topological polar surface area (TPSA) is 69.6 Å². The predicted octanol–water partition coefficient (Wildman–Crippen LogP) is 0.912. The smallest absolute Gasteiger partial charge is 0.224 e. The summed E-state index contributed by atoms with van der Waals surface area (Å²) < 4.78 is 0. The van der Waals surface area contributed by atoms with Gasteiger partial charge in [-0.3, -0.25) is 9.59 Å². The standard InChI is InChI=1S/C14H26N2O3/c1-14(2,10-17)16(3)12(18)8-9-15-13(19)11-6-4-5-7-11/h11,17H,4-10H2,1-3H3,(H,15,19). The number of nitrogens with one attached hydrogen (secondary N) is 1. The van der Waals surface area contributed by atoms with E-state index in [1.54, 1.807) is 7.05 Å². The van der Waals surface area contributed by atoms with E-state index in [2.05, 4.69) is 5.32 Å². The first-order valence-corrected chi connectivity index (χ1v) is 7.03. The number of aliphatic hydroxyl groups is 1. The van der Waals surface area contributed by atoms with Crippen LogP contribution in [-0.2, 0) is 9.59 Å². The van der Waals surface area contributed by atoms with Gasteiger partial charge in [0.1, 0.15) is 0 Å². The Morgan fingerprint density at radius 2 is 1.89 bits per heavy atom. The minimum Gasteiger partial charge on any atom is -0.394 e. The van der Waals surface area contributed by atoms with E-state index >= 15 is 0 Å². The van der Waals surface area contributed by atoms with E-state index in [9.17, 15) is 14.7 Å². The van der Waals surface area contributed by atoms with Crippen LogP contribution in [0.3, 0.4) is 0 Å². The number of aliphatic hydroxyl groups excluding tert-OH is 1. The number of carbonyl (C=O) groups excluding carboxylic acids is 2. The first kappa shape index (κ1) is 16.0. The lowest BCUT2D eigenvalue weighted by atomic mass is 10.0. The van der Waals surface area contributed by atoms with Gasteiger partial charge in [-0.2, -0.15) is 0 Å². The minimum atomic E-state index is -0.563. The van der Waals surface area contributed by atoms with Crippen LogP contribution in [0, 0.1) is 5.92 Å². The van der Waals surface area contributed by atoms with Gasteiger partial charge in [0, 0.05) is 25.9 Å². The summed E-state index contributed by atoms with van der Waals surface area (Å²) in [7, 11) is 1.68. The van der Waals surface area contributed by atoms with Gasteiger partial charge in [0.2, 0.25) is 11.8 Å². The van der Waals surface area contributed by atoms with Crippen molar-refractivity contribution in [1.29, 1.82) is 0 Å². The highest BCUT2D eigenvalue weighted by atomic mass is 16.3. The summed E-state index contributed by atoms with van der Waals surface area (Å²) in [6.07, 6.45) is 4.47. The number of rotatable bonds is 6. The van der Waals surface area contributed by atoms with Crippen molar-refractivity contribution in [3.8, 4) is 0 Å². The highest BCUT2D eigenvalue weighted by Crippen LogP contribution is 2.24. The highest BCUT2D eigenvalue weighted by Gasteiger charge is 2.27. The molecule has 0 heterocycles. The van der Waals surface area contributed by atoms with E-state index in [0.29, 0.717) is 6.54 Å². The number of amides is 2. The van der Waals surface area contributed by atoms with Crippen LogP contribution in [0.1, 0.15) is 46.0 Å². The van der Waals surface area contributed by atoms with Crippen molar-refractivity contribution in [2.45, 2.75) is 51.5 Å². The zero-order valence-electron chi connectivity index (χ0n) is 12.2. The van der Waals surface area contributed by atoms with Crippen molar-refractivity contribution in [3.63, 3.8) is 0 Å². The maximum atomic E-state index is 11.9. The first-order valence-electron chi connectivity index (χ1n) is 7.03. The molecule has 0 aromatic carbocycles. The van der Waals surface area contributed by atoms with E-state index in [1.165, 1.54) is 4.90 Å². The van der Waals surface area contributed by atoms with Gasteiger partial charge in [-0.1, -0.05) is 12.8 Å². The first-order chi connectivity index (χ1) is 8.88. The van der Waals surface area contributed by atoms with Crippen molar-refractivity contribution in [2.24, 2.45) is 5.92 Å². The Hall–Kier alpha value is -1.10. The van der Waals surface area contributed by atoms with Crippen LogP contribution < -0.4 is 5.32 Å². The second-order valence-corrected chi connectivity index (χ2v) is 5.95. The maximum Gasteiger partial charge on any atom is 0.224 e. The lowest BCUT2D eigenvalue weighted by molar-refractivity contribution is -0.136. The average Bonchev–Trinajstić information content (AvgIpc) is 2.91. The molecule has 0 unspecified atom stereocenters. The molecule has 5 heteroatoms. The number of hydrogen-bond donors (Lipinski definition) is 2. The molecule has 0 aliphatic heterocycles. The molecule has 0 aromatic rings. The summed E-state index contributed by atoms with van der Waals surface area (Å²) in [6.45, 7) is 3.91. The van der Waals surface area contributed by atoms with Crippen molar-refractivity contribution >= 4 is 11.8 Å². The van der Waals surface area contributed by atoms with Crippen LogP contribution >= 0.6 is 0 Å². The van der Waals surface area contributed by atoms with Gasteiger partial charge < -0.3 is 15.3 Å². The Balaban J connectivity index is 2.28. The Kier molecular flexibility index (Phi) is 5.79. The molecule has 1 rings (SSSR count). The van der Waals surface area contributed by atoms with Crippen molar-refractivity contribution in [2.75, 3.05) is 20.2 Å². The zero-order chi connectivity index (χ0) is 14.5. The summed E-state index contributed by atoms with van der Waals surface area (Å²) in [5, 5.41) is 12.0. The number of carbonyl (C=O) groups is 2. The molecule has 110 valence electrons. The molecule has 0 atom stereocenters. The molecule has 5 nitrogen and oxygen atoms in total. The Bertz CT molecular complexity index is 323. The molecule has 1 aliphatic carbocycles. The van der Waals surface area contributed by atoms with Crippen LogP contribution in [-0.4, -0.2) is 47.6 Å². The van der Waals surface area contributed by atoms with Crippen molar-refractivity contribution in [1.82, 2.24) is 10.2 Å². The van der Waals surface area contributed by atoms with Crippen LogP contribution in [0.2, 0.25) is 0 Å². The quantitative estimate of drug-likeness (QED) is 0.754. The van der Waals surface area contributed by atoms with Gasteiger partial charge in [-0.15, -0.1) is 0 Å². The molecule has 0 saturated heterocycles. The molecule has 0 radical (unpaired) electrons. The largest absolute Gasteiger partial charge is 0.394 e. The fourth-order valence-electron chi connectivity index (χ4n) is 2.24. The van der Waals surface area contributed by atoms with E-state index in [-0.39, 0.29) is 30.8 Å². The van der Waals surface area contributed by atoms with Crippen LogP contribution in [0.25, 0.3) is 0 Å². The van der Waals surface area contributed by atoms with E-state index < -0.39 is 5.54 Å².